The summed E-state index contributed by atoms with van der Waals surface area (Å²) in [4.78, 5) is 43.9. The first kappa shape index (κ1) is 19.1. The fourth-order valence-corrected chi connectivity index (χ4v) is 5.48. The van der Waals surface area contributed by atoms with E-state index in [1.54, 1.807) is 36.4 Å². The average molecular weight is 445 g/mol. The van der Waals surface area contributed by atoms with Gasteiger partial charge in [-0.25, -0.2) is 4.90 Å². The van der Waals surface area contributed by atoms with Gasteiger partial charge in [0.05, 0.1) is 29.8 Å². The van der Waals surface area contributed by atoms with Crippen molar-refractivity contribution in [3.05, 3.63) is 95.0 Å². The van der Waals surface area contributed by atoms with Gasteiger partial charge in [-0.05, 0) is 47.5 Å². The summed E-state index contributed by atoms with van der Waals surface area (Å²) in [5, 5.41) is 0.427. The van der Waals surface area contributed by atoms with Gasteiger partial charge in [-0.3, -0.25) is 14.4 Å². The molecule has 0 radical (unpaired) electrons. The Hall–Kier alpha value is -3.64. The third kappa shape index (κ3) is 2.56. The van der Waals surface area contributed by atoms with Crippen molar-refractivity contribution in [2.45, 2.75) is 12.1 Å². The Morgan fingerprint density at radius 2 is 1.75 bits per heavy atom. The van der Waals surface area contributed by atoms with Crippen LogP contribution >= 0.6 is 11.6 Å². The van der Waals surface area contributed by atoms with Crippen molar-refractivity contribution in [3.63, 3.8) is 0 Å². The second kappa shape index (κ2) is 6.93. The number of ketones is 1. The fourth-order valence-electron chi connectivity index (χ4n) is 5.29. The summed E-state index contributed by atoms with van der Waals surface area (Å²) in [5.74, 6) is -2.39. The molecule has 4 heterocycles. The number of hydrogen-bond acceptors (Lipinski definition) is 5. The number of anilines is 1. The molecule has 32 heavy (non-hydrogen) atoms. The summed E-state index contributed by atoms with van der Waals surface area (Å²) in [6.07, 6.45) is 5.17. The van der Waals surface area contributed by atoms with E-state index in [-0.39, 0.29) is 17.5 Å². The summed E-state index contributed by atoms with van der Waals surface area (Å²) < 4.78 is 5.37. The molecule has 0 N–H and O–H groups in total. The van der Waals surface area contributed by atoms with Crippen LogP contribution in [0.4, 0.5) is 5.69 Å². The van der Waals surface area contributed by atoms with Crippen molar-refractivity contribution in [1.82, 2.24) is 4.90 Å². The number of Topliss-reactive ketones (excluding diaryl/α,β-unsaturated/α-hetero) is 1. The van der Waals surface area contributed by atoms with Crippen LogP contribution < -0.4 is 4.90 Å². The van der Waals surface area contributed by atoms with Gasteiger partial charge in [0.2, 0.25) is 17.6 Å². The van der Waals surface area contributed by atoms with Crippen LogP contribution in [0.1, 0.15) is 27.7 Å². The molecule has 6 rings (SSSR count). The van der Waals surface area contributed by atoms with E-state index in [4.69, 9.17) is 16.0 Å². The number of carbonyl (C=O) groups excluding carboxylic acids is 3. The van der Waals surface area contributed by atoms with Gasteiger partial charge in [0, 0.05) is 11.2 Å². The molecule has 4 atom stereocenters. The number of carbonyl (C=O) groups is 3. The number of imide groups is 1. The predicted octanol–water partition coefficient (Wildman–Crippen LogP) is 4.33. The molecule has 0 saturated carbocycles. The lowest BCUT2D eigenvalue weighted by molar-refractivity contribution is -0.123. The normalized spacial score (nSPS) is 25.7. The second-order valence-electron chi connectivity index (χ2n) is 8.17. The quantitative estimate of drug-likeness (QED) is 0.444. The minimum absolute atomic E-state index is 0.170. The van der Waals surface area contributed by atoms with Crippen LogP contribution in [-0.2, 0) is 9.59 Å². The molecule has 2 saturated heterocycles. The third-order valence-electron chi connectivity index (χ3n) is 6.56. The maximum absolute atomic E-state index is 13.7. The molecule has 3 aliphatic rings. The Balaban J connectivity index is 1.51. The van der Waals surface area contributed by atoms with Crippen LogP contribution in [0.15, 0.2) is 77.5 Å². The molecule has 0 spiro atoms. The van der Waals surface area contributed by atoms with Crippen molar-refractivity contribution < 1.29 is 18.8 Å². The van der Waals surface area contributed by atoms with Gasteiger partial charge < -0.3 is 9.32 Å². The number of nitrogens with zero attached hydrogens (tertiary/aromatic N) is 2. The second-order valence-corrected chi connectivity index (χ2v) is 8.60. The molecule has 3 aliphatic heterocycles. The number of amides is 2. The molecule has 2 fully saturated rings. The topological polar surface area (TPSA) is 70.8 Å². The highest BCUT2D eigenvalue weighted by Gasteiger charge is 2.64. The number of hydrogen-bond donors (Lipinski definition) is 0. The summed E-state index contributed by atoms with van der Waals surface area (Å²) in [6, 6.07) is 16.4. The van der Waals surface area contributed by atoms with Gasteiger partial charge in [0.1, 0.15) is 6.04 Å². The lowest BCUT2D eigenvalue weighted by Crippen LogP contribution is -2.44. The van der Waals surface area contributed by atoms with Crippen molar-refractivity contribution in [3.8, 4) is 0 Å². The molecule has 0 bridgehead atoms. The number of furan rings is 1. The van der Waals surface area contributed by atoms with E-state index in [1.165, 1.54) is 11.2 Å². The van der Waals surface area contributed by atoms with E-state index in [1.807, 2.05) is 41.4 Å². The molecule has 158 valence electrons. The lowest BCUT2D eigenvalue weighted by atomic mass is 9.84. The van der Waals surface area contributed by atoms with Crippen LogP contribution in [0.25, 0.3) is 6.08 Å². The number of halogens is 1. The molecular formula is C25H17ClN2O4. The van der Waals surface area contributed by atoms with Gasteiger partial charge in [-0.1, -0.05) is 41.9 Å². The van der Waals surface area contributed by atoms with Crippen molar-refractivity contribution in [2.75, 3.05) is 4.90 Å². The molecule has 7 heteroatoms. The predicted molar refractivity (Wildman–Crippen MR) is 118 cm³/mol. The Kier molecular flexibility index (Phi) is 4.13. The van der Waals surface area contributed by atoms with Crippen LogP contribution in [0.5, 0.6) is 0 Å². The molecule has 6 nitrogen and oxygen atoms in total. The zero-order valence-electron chi connectivity index (χ0n) is 16.7. The maximum Gasteiger partial charge on any atom is 0.240 e. The average Bonchev–Trinajstić information content (AvgIpc) is 3.50. The van der Waals surface area contributed by atoms with Crippen molar-refractivity contribution >= 4 is 41.0 Å². The van der Waals surface area contributed by atoms with Crippen molar-refractivity contribution in [1.29, 1.82) is 0 Å². The molecule has 0 unspecified atom stereocenters. The minimum Gasteiger partial charge on any atom is -0.461 e. The van der Waals surface area contributed by atoms with Gasteiger partial charge in [-0.2, -0.15) is 0 Å². The smallest absolute Gasteiger partial charge is 0.240 e. The molecule has 2 aromatic carbocycles. The molecule has 1 aromatic heterocycles. The van der Waals surface area contributed by atoms with Crippen LogP contribution in [0.3, 0.4) is 0 Å². The third-order valence-corrected chi connectivity index (χ3v) is 6.80. The first-order valence-electron chi connectivity index (χ1n) is 10.3. The fraction of sp³-hybridized carbons (Fsp3) is 0.160. The Bertz CT molecular complexity index is 1300. The Morgan fingerprint density at radius 1 is 0.938 bits per heavy atom. The molecule has 3 aromatic rings. The number of rotatable bonds is 3. The van der Waals surface area contributed by atoms with Crippen LogP contribution in [-0.4, -0.2) is 28.5 Å². The van der Waals surface area contributed by atoms with Crippen LogP contribution in [0, 0.1) is 11.8 Å². The van der Waals surface area contributed by atoms with E-state index >= 15 is 0 Å². The van der Waals surface area contributed by atoms with E-state index in [0.717, 1.165) is 11.1 Å². The number of benzene rings is 2. The zero-order chi connectivity index (χ0) is 22.0. The summed E-state index contributed by atoms with van der Waals surface area (Å²) in [7, 11) is 0. The van der Waals surface area contributed by atoms with E-state index in [0.29, 0.717) is 10.7 Å². The summed E-state index contributed by atoms with van der Waals surface area (Å²) in [5.41, 5.74) is 2.31. The van der Waals surface area contributed by atoms with E-state index in [9.17, 15) is 14.4 Å². The highest BCUT2D eigenvalue weighted by Crippen LogP contribution is 2.53. The lowest BCUT2D eigenvalue weighted by Gasteiger charge is -2.35. The first-order valence-corrected chi connectivity index (χ1v) is 10.7. The Morgan fingerprint density at radius 3 is 2.53 bits per heavy atom. The highest BCUT2D eigenvalue weighted by atomic mass is 35.5. The largest absolute Gasteiger partial charge is 0.461 e. The summed E-state index contributed by atoms with van der Waals surface area (Å²) >= 11 is 6.13. The van der Waals surface area contributed by atoms with Gasteiger partial charge in [0.15, 0.2) is 5.76 Å². The monoisotopic (exact) mass is 444 g/mol. The molecular weight excluding hydrogens is 428 g/mol. The SMILES string of the molecule is O=C(c1ccco1)[C@@H]1[C@@H]2C(=O)N(c3cccc(Cl)c3)C(=O)[C@@H]2[C@@H]2c3ccccc3C=CN12. The molecule has 2 amide bonds. The Labute approximate surface area is 188 Å². The molecule has 0 aliphatic carbocycles. The van der Waals surface area contributed by atoms with Gasteiger partial charge >= 0.3 is 0 Å². The number of fused-ring (bicyclic) bond motifs is 5. The highest BCUT2D eigenvalue weighted by molar-refractivity contribution is 6.31. The standard InChI is InChI=1S/C25H17ClN2O4/c26-15-6-3-7-16(13-15)28-24(30)19-20(25(28)31)22(23(29)18-9-4-12-32-18)27-11-10-14-5-1-2-8-17(14)21(19)27/h1-13,19-22H/t19-,20+,21-,22-/m0/s1. The zero-order valence-corrected chi connectivity index (χ0v) is 17.5. The van der Waals surface area contributed by atoms with E-state index in [2.05, 4.69) is 0 Å². The minimum atomic E-state index is -0.846. The van der Waals surface area contributed by atoms with Crippen LogP contribution in [0.2, 0.25) is 5.02 Å². The maximum atomic E-state index is 13.7. The summed E-state index contributed by atoms with van der Waals surface area (Å²) in [6.45, 7) is 0. The van der Waals surface area contributed by atoms with Gasteiger partial charge in [0.25, 0.3) is 0 Å². The van der Waals surface area contributed by atoms with E-state index < -0.39 is 29.8 Å². The van der Waals surface area contributed by atoms with Gasteiger partial charge in [-0.15, -0.1) is 0 Å². The first-order chi connectivity index (χ1) is 15.6. The van der Waals surface area contributed by atoms with Crippen molar-refractivity contribution in [2.24, 2.45) is 11.8 Å².